The van der Waals surface area contributed by atoms with Crippen molar-refractivity contribution in [3.63, 3.8) is 0 Å². The molecule has 1 aliphatic heterocycles. The highest BCUT2D eigenvalue weighted by Crippen LogP contribution is 2.00. The molecule has 1 fully saturated rings. The maximum absolute atomic E-state index is 11.6. The van der Waals surface area contributed by atoms with Gasteiger partial charge in [0.1, 0.15) is 6.10 Å². The quantitative estimate of drug-likeness (QED) is 0.472. The van der Waals surface area contributed by atoms with Crippen LogP contribution in [0.2, 0.25) is 0 Å². The van der Waals surface area contributed by atoms with Gasteiger partial charge in [-0.3, -0.25) is 9.59 Å². The Morgan fingerprint density at radius 3 is 3.06 bits per heavy atom. The third-order valence-corrected chi connectivity index (χ3v) is 3.15. The first-order valence-corrected chi connectivity index (χ1v) is 6.64. The fourth-order valence-electron chi connectivity index (χ4n) is 1.31. The standard InChI is InChI=1S/C10H18N2O4S/c1-15-9(13)7-17-5-3-12-10(14)8-6-11-2-4-16-8/h8,11H,2-7H2,1H3,(H,12,14). The topological polar surface area (TPSA) is 76.7 Å². The monoisotopic (exact) mass is 262 g/mol. The van der Waals surface area contributed by atoms with Gasteiger partial charge in [0.05, 0.1) is 19.5 Å². The van der Waals surface area contributed by atoms with Crippen LogP contribution < -0.4 is 10.6 Å². The van der Waals surface area contributed by atoms with Crippen LogP contribution in [0, 0.1) is 0 Å². The molecular weight excluding hydrogens is 244 g/mol. The van der Waals surface area contributed by atoms with Gasteiger partial charge in [-0.25, -0.2) is 0 Å². The lowest BCUT2D eigenvalue weighted by atomic mass is 10.3. The molecule has 1 aliphatic rings. The van der Waals surface area contributed by atoms with Crippen molar-refractivity contribution in [1.82, 2.24) is 10.6 Å². The minimum Gasteiger partial charge on any atom is -0.468 e. The number of methoxy groups -OCH3 is 1. The zero-order chi connectivity index (χ0) is 12.5. The van der Waals surface area contributed by atoms with Gasteiger partial charge in [0.25, 0.3) is 0 Å². The van der Waals surface area contributed by atoms with Gasteiger partial charge in [-0.1, -0.05) is 0 Å². The minimum atomic E-state index is -0.394. The molecule has 1 amide bonds. The molecule has 0 aromatic heterocycles. The van der Waals surface area contributed by atoms with Crippen LogP contribution in [0.4, 0.5) is 0 Å². The van der Waals surface area contributed by atoms with E-state index in [4.69, 9.17) is 4.74 Å². The molecule has 6 nitrogen and oxygen atoms in total. The second-order valence-corrected chi connectivity index (χ2v) is 4.59. The summed E-state index contributed by atoms with van der Waals surface area (Å²) in [6.45, 7) is 2.44. The summed E-state index contributed by atoms with van der Waals surface area (Å²) in [6, 6.07) is 0. The molecule has 17 heavy (non-hydrogen) atoms. The molecule has 1 unspecified atom stereocenters. The summed E-state index contributed by atoms with van der Waals surface area (Å²) >= 11 is 1.43. The van der Waals surface area contributed by atoms with Crippen molar-refractivity contribution in [2.24, 2.45) is 0 Å². The Morgan fingerprint density at radius 1 is 1.59 bits per heavy atom. The number of carbonyl (C=O) groups is 2. The number of hydrogen-bond donors (Lipinski definition) is 2. The van der Waals surface area contributed by atoms with Crippen LogP contribution in [0.5, 0.6) is 0 Å². The Labute approximate surface area is 105 Å². The largest absolute Gasteiger partial charge is 0.468 e. The lowest BCUT2D eigenvalue weighted by molar-refractivity contribution is -0.137. The lowest BCUT2D eigenvalue weighted by Gasteiger charge is -2.22. The fourth-order valence-corrected chi connectivity index (χ4v) is 1.98. The van der Waals surface area contributed by atoms with E-state index in [-0.39, 0.29) is 11.9 Å². The van der Waals surface area contributed by atoms with Crippen LogP contribution >= 0.6 is 11.8 Å². The van der Waals surface area contributed by atoms with Crippen LogP contribution in [0.25, 0.3) is 0 Å². The lowest BCUT2D eigenvalue weighted by Crippen LogP contribution is -2.48. The second kappa shape index (κ2) is 8.32. The van der Waals surface area contributed by atoms with Gasteiger partial charge in [-0.15, -0.1) is 11.8 Å². The van der Waals surface area contributed by atoms with Gasteiger partial charge >= 0.3 is 5.97 Å². The van der Waals surface area contributed by atoms with E-state index in [2.05, 4.69) is 15.4 Å². The molecule has 98 valence electrons. The summed E-state index contributed by atoms with van der Waals surface area (Å²) < 4.78 is 9.79. The smallest absolute Gasteiger partial charge is 0.315 e. The van der Waals surface area contributed by atoms with Crippen molar-refractivity contribution >= 4 is 23.6 Å². The van der Waals surface area contributed by atoms with Gasteiger partial charge in [0.2, 0.25) is 5.91 Å². The maximum Gasteiger partial charge on any atom is 0.315 e. The summed E-state index contributed by atoms with van der Waals surface area (Å²) in [4.78, 5) is 22.4. The van der Waals surface area contributed by atoms with E-state index in [0.717, 1.165) is 6.54 Å². The van der Waals surface area contributed by atoms with Crippen LogP contribution in [0.15, 0.2) is 0 Å². The summed E-state index contributed by atoms with van der Waals surface area (Å²) in [5, 5.41) is 5.85. The van der Waals surface area contributed by atoms with Crippen molar-refractivity contribution in [2.45, 2.75) is 6.10 Å². The average Bonchev–Trinajstić information content (AvgIpc) is 2.38. The maximum atomic E-state index is 11.6. The third kappa shape index (κ3) is 5.90. The van der Waals surface area contributed by atoms with Gasteiger partial charge in [0, 0.05) is 25.4 Å². The molecular formula is C10H18N2O4S. The summed E-state index contributed by atoms with van der Waals surface area (Å²) in [5.41, 5.74) is 0. The number of amides is 1. The van der Waals surface area contributed by atoms with Gasteiger partial charge < -0.3 is 20.1 Å². The van der Waals surface area contributed by atoms with Crippen LogP contribution in [-0.2, 0) is 19.1 Å². The van der Waals surface area contributed by atoms with Crippen LogP contribution in [-0.4, -0.2) is 62.8 Å². The van der Waals surface area contributed by atoms with E-state index in [1.807, 2.05) is 0 Å². The van der Waals surface area contributed by atoms with Crippen molar-refractivity contribution < 1.29 is 19.1 Å². The van der Waals surface area contributed by atoms with Gasteiger partial charge in [-0.2, -0.15) is 0 Å². The Balaban J connectivity index is 2.01. The third-order valence-electron chi connectivity index (χ3n) is 2.21. The first kappa shape index (κ1) is 14.3. The van der Waals surface area contributed by atoms with Crippen molar-refractivity contribution in [2.75, 3.05) is 44.9 Å². The fraction of sp³-hybridized carbons (Fsp3) is 0.800. The van der Waals surface area contributed by atoms with E-state index in [1.54, 1.807) is 0 Å². The normalized spacial score (nSPS) is 19.7. The Morgan fingerprint density at radius 2 is 2.41 bits per heavy atom. The molecule has 7 heteroatoms. The minimum absolute atomic E-state index is 0.101. The highest BCUT2D eigenvalue weighted by atomic mass is 32.2. The summed E-state index contributed by atoms with van der Waals surface area (Å²) in [6.07, 6.45) is -0.394. The molecule has 0 aromatic carbocycles. The molecule has 1 atom stereocenters. The molecule has 0 aliphatic carbocycles. The summed E-state index contributed by atoms with van der Waals surface area (Å²) in [7, 11) is 1.36. The Hall–Kier alpha value is -0.790. The molecule has 0 bridgehead atoms. The van der Waals surface area contributed by atoms with E-state index in [0.29, 0.717) is 31.2 Å². The molecule has 1 saturated heterocycles. The zero-order valence-electron chi connectivity index (χ0n) is 9.86. The number of esters is 1. The number of ether oxygens (including phenoxy) is 2. The van der Waals surface area contributed by atoms with Crippen molar-refractivity contribution in [3.8, 4) is 0 Å². The number of thioether (sulfide) groups is 1. The molecule has 2 N–H and O–H groups in total. The Bertz CT molecular complexity index is 257. The molecule has 0 spiro atoms. The highest BCUT2D eigenvalue weighted by molar-refractivity contribution is 7.99. The van der Waals surface area contributed by atoms with E-state index < -0.39 is 6.10 Å². The molecule has 0 aromatic rings. The van der Waals surface area contributed by atoms with Crippen molar-refractivity contribution in [1.29, 1.82) is 0 Å². The second-order valence-electron chi connectivity index (χ2n) is 3.48. The van der Waals surface area contributed by atoms with Gasteiger partial charge in [-0.05, 0) is 0 Å². The molecule has 0 saturated carbocycles. The first-order valence-electron chi connectivity index (χ1n) is 5.48. The van der Waals surface area contributed by atoms with Crippen LogP contribution in [0.1, 0.15) is 0 Å². The predicted molar refractivity (Wildman–Crippen MR) is 65.0 cm³/mol. The molecule has 0 radical (unpaired) electrons. The number of morpholine rings is 1. The van der Waals surface area contributed by atoms with E-state index >= 15 is 0 Å². The van der Waals surface area contributed by atoms with E-state index in [9.17, 15) is 9.59 Å². The average molecular weight is 262 g/mol. The molecule has 1 heterocycles. The number of nitrogens with one attached hydrogen (secondary N) is 2. The van der Waals surface area contributed by atoms with Crippen molar-refractivity contribution in [3.05, 3.63) is 0 Å². The predicted octanol–water partition coefficient (Wildman–Crippen LogP) is -1.00. The summed E-state index contributed by atoms with van der Waals surface area (Å²) in [5.74, 6) is 0.645. The first-order chi connectivity index (χ1) is 8.24. The SMILES string of the molecule is COC(=O)CSCCNC(=O)C1CNCCO1. The highest BCUT2D eigenvalue weighted by Gasteiger charge is 2.20. The number of hydrogen-bond acceptors (Lipinski definition) is 6. The number of carbonyl (C=O) groups excluding carboxylic acids is 2. The Kier molecular flexibility index (Phi) is 6.99. The zero-order valence-corrected chi connectivity index (χ0v) is 10.7. The number of rotatable bonds is 6. The van der Waals surface area contributed by atoms with Gasteiger partial charge in [0.15, 0.2) is 0 Å². The van der Waals surface area contributed by atoms with E-state index in [1.165, 1.54) is 18.9 Å². The molecule has 1 rings (SSSR count). The van der Waals surface area contributed by atoms with Crippen LogP contribution in [0.3, 0.4) is 0 Å².